The van der Waals surface area contributed by atoms with Crippen LogP contribution in [0.2, 0.25) is 0 Å². The average molecular weight is 369 g/mol. The van der Waals surface area contributed by atoms with Gasteiger partial charge in [0.25, 0.3) is 0 Å². The number of ether oxygens (including phenoxy) is 1. The normalized spacial score (nSPS) is 11.0. The monoisotopic (exact) mass is 368 g/mol. The first-order valence-corrected chi connectivity index (χ1v) is 9.88. The molecule has 0 heterocycles. The number of hydrogen-bond donors (Lipinski definition) is 1. The molecule has 0 saturated carbocycles. The number of hydrogen-bond acceptors (Lipinski definition) is 3. The number of phenolic OH excluding ortho intramolecular Hbond substituents is 1. The van der Waals surface area contributed by atoms with Crippen LogP contribution in [-0.2, 0) is 11.2 Å². The fourth-order valence-corrected chi connectivity index (χ4v) is 3.31. The first kappa shape index (κ1) is 21.0. The molecular formula is C24H32O3. The Hall–Kier alpha value is -2.29. The highest BCUT2D eigenvalue weighted by Gasteiger charge is 2.11. The Morgan fingerprint density at radius 1 is 1.11 bits per heavy atom. The third kappa shape index (κ3) is 5.85. The number of aryl methyl sites for hydroxylation is 2. The average Bonchev–Trinajstić information content (AvgIpc) is 2.62. The van der Waals surface area contributed by atoms with E-state index in [0.29, 0.717) is 12.2 Å². The fraction of sp³-hybridized carbons (Fsp3) is 0.458. The molecule has 3 heteroatoms. The van der Waals surface area contributed by atoms with Crippen molar-refractivity contribution >= 4 is 5.78 Å². The van der Waals surface area contributed by atoms with Crippen LogP contribution in [-0.4, -0.2) is 17.5 Å². The molecule has 0 aliphatic rings. The van der Waals surface area contributed by atoms with E-state index < -0.39 is 0 Å². The van der Waals surface area contributed by atoms with Crippen molar-refractivity contribution in [3.05, 3.63) is 58.1 Å². The number of ketones is 1. The lowest BCUT2D eigenvalue weighted by atomic mass is 9.93. The molecule has 0 spiro atoms. The van der Waals surface area contributed by atoms with Gasteiger partial charge in [-0.1, -0.05) is 39.3 Å². The molecule has 0 saturated heterocycles. The van der Waals surface area contributed by atoms with Gasteiger partial charge in [-0.2, -0.15) is 0 Å². The van der Waals surface area contributed by atoms with Crippen molar-refractivity contribution in [2.24, 2.45) is 0 Å². The molecule has 0 aliphatic heterocycles. The van der Waals surface area contributed by atoms with E-state index in [9.17, 15) is 9.90 Å². The van der Waals surface area contributed by atoms with Gasteiger partial charge >= 0.3 is 0 Å². The Morgan fingerprint density at radius 3 is 2.37 bits per heavy atom. The summed E-state index contributed by atoms with van der Waals surface area (Å²) in [6, 6.07) is 9.89. The van der Waals surface area contributed by atoms with Crippen LogP contribution in [0.25, 0.3) is 0 Å². The van der Waals surface area contributed by atoms with Gasteiger partial charge < -0.3 is 9.84 Å². The van der Waals surface area contributed by atoms with Crippen molar-refractivity contribution < 1.29 is 14.6 Å². The van der Waals surface area contributed by atoms with Gasteiger partial charge in [0, 0.05) is 6.42 Å². The summed E-state index contributed by atoms with van der Waals surface area (Å²) in [4.78, 5) is 11.8. The van der Waals surface area contributed by atoms with Gasteiger partial charge in [0.15, 0.2) is 5.78 Å². The molecule has 0 atom stereocenters. The van der Waals surface area contributed by atoms with Crippen molar-refractivity contribution in [3.8, 4) is 11.5 Å². The number of benzene rings is 2. The first-order chi connectivity index (χ1) is 12.8. The van der Waals surface area contributed by atoms with Crippen LogP contribution in [0.4, 0.5) is 0 Å². The molecule has 0 unspecified atom stereocenters. The maximum atomic E-state index is 11.8. The minimum atomic E-state index is 0.147. The molecule has 2 aromatic carbocycles. The number of carbonyl (C=O) groups is 1. The second kappa shape index (κ2) is 9.59. The van der Waals surface area contributed by atoms with Crippen molar-refractivity contribution in [2.75, 3.05) is 6.61 Å². The van der Waals surface area contributed by atoms with E-state index in [1.807, 2.05) is 18.2 Å². The van der Waals surface area contributed by atoms with Crippen LogP contribution < -0.4 is 4.74 Å². The highest BCUT2D eigenvalue weighted by molar-refractivity contribution is 5.79. The molecule has 0 fully saturated rings. The molecule has 0 aliphatic carbocycles. The molecule has 3 nitrogen and oxygen atoms in total. The lowest BCUT2D eigenvalue weighted by Gasteiger charge is -2.15. The summed E-state index contributed by atoms with van der Waals surface area (Å²) in [7, 11) is 0. The lowest BCUT2D eigenvalue weighted by molar-refractivity contribution is -0.121. The van der Waals surface area contributed by atoms with Gasteiger partial charge in [-0.05, 0) is 78.6 Å². The Kier molecular flexibility index (Phi) is 7.46. The van der Waals surface area contributed by atoms with E-state index in [1.165, 1.54) is 11.1 Å². The number of phenols is 1. The van der Waals surface area contributed by atoms with E-state index in [2.05, 4.69) is 40.7 Å². The zero-order chi connectivity index (χ0) is 20.0. The minimum absolute atomic E-state index is 0.147. The third-order valence-electron chi connectivity index (χ3n) is 4.97. The van der Waals surface area contributed by atoms with Crippen LogP contribution in [0.5, 0.6) is 11.5 Å². The number of unbranched alkanes of at least 4 members (excludes halogenated alkanes) is 1. The van der Waals surface area contributed by atoms with Gasteiger partial charge in [-0.15, -0.1) is 0 Å². The smallest absolute Gasteiger partial charge is 0.170 e. The molecular weight excluding hydrogens is 336 g/mol. The SMILES string of the molecule is CCCCC(=O)COc1cc(C)c(Cc2ccc(O)c(C(C)C)c2)c(C)c1. The maximum Gasteiger partial charge on any atom is 0.170 e. The van der Waals surface area contributed by atoms with Crippen LogP contribution >= 0.6 is 0 Å². The van der Waals surface area contributed by atoms with Gasteiger partial charge in [0.1, 0.15) is 18.1 Å². The molecule has 27 heavy (non-hydrogen) atoms. The third-order valence-corrected chi connectivity index (χ3v) is 4.97. The van der Waals surface area contributed by atoms with E-state index in [1.54, 1.807) is 6.07 Å². The Morgan fingerprint density at radius 2 is 1.78 bits per heavy atom. The summed E-state index contributed by atoms with van der Waals surface area (Å²) < 4.78 is 5.72. The van der Waals surface area contributed by atoms with Gasteiger partial charge in [-0.3, -0.25) is 4.79 Å². The van der Waals surface area contributed by atoms with Crippen LogP contribution in [0.15, 0.2) is 30.3 Å². The second-order valence-electron chi connectivity index (χ2n) is 7.69. The fourth-order valence-electron chi connectivity index (χ4n) is 3.31. The van der Waals surface area contributed by atoms with Gasteiger partial charge in [0.05, 0.1) is 0 Å². The van der Waals surface area contributed by atoms with Gasteiger partial charge in [0.2, 0.25) is 0 Å². The van der Waals surface area contributed by atoms with Gasteiger partial charge in [-0.25, -0.2) is 0 Å². The summed E-state index contributed by atoms with van der Waals surface area (Å²) in [6.45, 7) is 10.6. The minimum Gasteiger partial charge on any atom is -0.508 e. The molecule has 0 radical (unpaired) electrons. The van der Waals surface area contributed by atoms with Crippen LogP contribution in [0.1, 0.15) is 73.8 Å². The number of aromatic hydroxyl groups is 1. The standard InChI is InChI=1S/C24H32O3/c1-6-7-8-20(25)15-27-21-11-17(4)23(18(5)12-21)14-19-9-10-24(26)22(13-19)16(2)3/h9-13,16,26H,6-8,14-15H2,1-5H3. The molecule has 0 amide bonds. The first-order valence-electron chi connectivity index (χ1n) is 9.88. The van der Waals surface area contributed by atoms with E-state index in [4.69, 9.17) is 4.74 Å². The summed E-state index contributed by atoms with van der Waals surface area (Å²) in [5, 5.41) is 10.0. The topological polar surface area (TPSA) is 46.5 Å². The zero-order valence-corrected chi connectivity index (χ0v) is 17.3. The zero-order valence-electron chi connectivity index (χ0n) is 17.3. The van der Waals surface area contributed by atoms with E-state index in [-0.39, 0.29) is 18.3 Å². The number of Topliss-reactive ketones (excluding diaryl/α,β-unsaturated/α-hetero) is 1. The second-order valence-corrected chi connectivity index (χ2v) is 7.69. The van der Waals surface area contributed by atoms with Crippen LogP contribution in [0.3, 0.4) is 0 Å². The van der Waals surface area contributed by atoms with Crippen LogP contribution in [0, 0.1) is 13.8 Å². The number of rotatable bonds is 9. The highest BCUT2D eigenvalue weighted by atomic mass is 16.5. The van der Waals surface area contributed by atoms with E-state index in [0.717, 1.165) is 41.7 Å². The predicted molar refractivity (Wildman–Crippen MR) is 111 cm³/mol. The largest absolute Gasteiger partial charge is 0.508 e. The lowest BCUT2D eigenvalue weighted by Crippen LogP contribution is -2.11. The molecule has 146 valence electrons. The maximum absolute atomic E-state index is 11.8. The summed E-state index contributed by atoms with van der Waals surface area (Å²) in [6.07, 6.45) is 3.34. The van der Waals surface area contributed by atoms with Crippen molar-refractivity contribution in [2.45, 2.75) is 66.2 Å². The van der Waals surface area contributed by atoms with E-state index >= 15 is 0 Å². The molecule has 0 bridgehead atoms. The summed E-state index contributed by atoms with van der Waals surface area (Å²) in [5.74, 6) is 1.56. The summed E-state index contributed by atoms with van der Waals surface area (Å²) >= 11 is 0. The molecule has 2 rings (SSSR count). The van der Waals surface area contributed by atoms with Crippen molar-refractivity contribution in [1.29, 1.82) is 0 Å². The number of carbonyl (C=O) groups excluding carboxylic acids is 1. The Balaban J connectivity index is 2.13. The predicted octanol–water partition coefficient (Wildman–Crippen LogP) is 5.86. The molecule has 1 N–H and O–H groups in total. The highest BCUT2D eigenvalue weighted by Crippen LogP contribution is 2.29. The van der Waals surface area contributed by atoms with Crippen molar-refractivity contribution in [3.63, 3.8) is 0 Å². The Bertz CT molecular complexity index is 767. The molecule has 0 aromatic heterocycles. The summed E-state index contributed by atoms with van der Waals surface area (Å²) in [5.41, 5.74) is 5.75. The quantitative estimate of drug-likeness (QED) is 0.603. The van der Waals surface area contributed by atoms with Crippen molar-refractivity contribution in [1.82, 2.24) is 0 Å². The molecule has 2 aromatic rings. The Labute approximate surface area is 163 Å².